The van der Waals surface area contributed by atoms with Crippen LogP contribution in [0.4, 0.5) is 0 Å². The molecule has 2 aromatic rings. The van der Waals surface area contributed by atoms with Gasteiger partial charge in [-0.3, -0.25) is 9.59 Å². The summed E-state index contributed by atoms with van der Waals surface area (Å²) in [4.78, 5) is 25.3. The number of aromatic hydroxyl groups is 2. The Bertz CT molecular complexity index is 945. The van der Waals surface area contributed by atoms with Gasteiger partial charge in [-0.05, 0) is 30.0 Å². The van der Waals surface area contributed by atoms with Crippen molar-refractivity contribution in [1.29, 1.82) is 0 Å². The minimum Gasteiger partial charge on any atom is -0.507 e. The molecule has 6 heteroatoms. The molecule has 4 N–H and O–H groups in total. The fourth-order valence-electron chi connectivity index (χ4n) is 4.55. The summed E-state index contributed by atoms with van der Waals surface area (Å²) in [6, 6.07) is 6.21. The fourth-order valence-corrected chi connectivity index (χ4v) is 4.55. The van der Waals surface area contributed by atoms with E-state index in [-0.39, 0.29) is 53.1 Å². The topological polar surface area (TPSA) is 115 Å². The Morgan fingerprint density at radius 2 is 1.84 bits per heavy atom. The third-order valence-corrected chi connectivity index (χ3v) is 5.31. The number of phenolic OH excluding ortho intramolecular Hbond substituents is 2. The van der Waals surface area contributed by atoms with Gasteiger partial charge in [-0.2, -0.15) is 0 Å². The Morgan fingerprint density at radius 1 is 1.12 bits per heavy atom. The molecule has 1 fully saturated rings. The number of hydrogen-bond acceptors (Lipinski definition) is 6. The molecule has 2 unspecified atom stereocenters. The average molecular weight is 342 g/mol. The second-order valence-electron chi connectivity index (χ2n) is 7.52. The summed E-state index contributed by atoms with van der Waals surface area (Å²) in [5.41, 5.74) is -2.83. The summed E-state index contributed by atoms with van der Waals surface area (Å²) < 4.78 is 0. The van der Waals surface area contributed by atoms with Crippen LogP contribution in [0.2, 0.25) is 0 Å². The van der Waals surface area contributed by atoms with Crippen LogP contribution in [0.3, 0.4) is 0 Å². The average Bonchev–Trinajstić information content (AvgIpc) is 2.43. The van der Waals surface area contributed by atoms with Gasteiger partial charge in [0.1, 0.15) is 17.3 Å². The number of benzene rings is 2. The first-order valence-corrected chi connectivity index (χ1v) is 8.11. The SMILES string of the molecule is C[C@]1(O)CC(=O)C2c3cc4cccc(O)c4c(O)c3C(=O)CC2(O)C1. The van der Waals surface area contributed by atoms with E-state index < -0.39 is 22.9 Å². The molecule has 2 aromatic carbocycles. The minimum absolute atomic E-state index is 0.0291. The van der Waals surface area contributed by atoms with Crippen molar-refractivity contribution in [3.8, 4) is 11.5 Å². The molecule has 0 amide bonds. The van der Waals surface area contributed by atoms with Gasteiger partial charge in [0.15, 0.2) is 5.78 Å². The van der Waals surface area contributed by atoms with Gasteiger partial charge in [0.2, 0.25) is 0 Å². The third-order valence-electron chi connectivity index (χ3n) is 5.31. The van der Waals surface area contributed by atoms with Crippen molar-refractivity contribution in [2.24, 2.45) is 0 Å². The van der Waals surface area contributed by atoms with Crippen molar-refractivity contribution in [2.45, 2.75) is 43.3 Å². The lowest BCUT2D eigenvalue weighted by atomic mass is 9.60. The predicted molar refractivity (Wildman–Crippen MR) is 88.8 cm³/mol. The van der Waals surface area contributed by atoms with Crippen LogP contribution in [-0.4, -0.2) is 43.2 Å². The molecule has 0 aliphatic heterocycles. The monoisotopic (exact) mass is 342 g/mol. The maximum absolute atomic E-state index is 12.7. The number of carbonyl (C=O) groups excluding carboxylic acids is 2. The van der Waals surface area contributed by atoms with E-state index in [0.717, 1.165) is 0 Å². The zero-order valence-corrected chi connectivity index (χ0v) is 13.6. The van der Waals surface area contributed by atoms with Crippen LogP contribution < -0.4 is 0 Å². The van der Waals surface area contributed by atoms with Gasteiger partial charge in [0, 0.05) is 19.3 Å². The van der Waals surface area contributed by atoms with Crippen molar-refractivity contribution >= 4 is 22.3 Å². The van der Waals surface area contributed by atoms with Gasteiger partial charge < -0.3 is 20.4 Å². The first-order valence-electron chi connectivity index (χ1n) is 8.11. The molecule has 0 radical (unpaired) electrons. The van der Waals surface area contributed by atoms with Crippen LogP contribution in [0.25, 0.3) is 10.8 Å². The molecule has 0 bridgehead atoms. The van der Waals surface area contributed by atoms with Crippen LogP contribution in [0.1, 0.15) is 48.0 Å². The Kier molecular flexibility index (Phi) is 3.08. The van der Waals surface area contributed by atoms with E-state index in [4.69, 9.17) is 0 Å². The van der Waals surface area contributed by atoms with E-state index in [1.807, 2.05) is 0 Å². The van der Waals surface area contributed by atoms with Gasteiger partial charge in [-0.15, -0.1) is 0 Å². The third kappa shape index (κ3) is 2.18. The van der Waals surface area contributed by atoms with E-state index in [1.165, 1.54) is 13.0 Å². The number of aliphatic hydroxyl groups is 2. The molecule has 1 saturated carbocycles. The first-order chi connectivity index (χ1) is 11.6. The van der Waals surface area contributed by atoms with Crippen LogP contribution in [-0.2, 0) is 4.79 Å². The minimum atomic E-state index is -1.68. The quantitative estimate of drug-likeness (QED) is 0.580. The summed E-state index contributed by atoms with van der Waals surface area (Å²) in [5, 5.41) is 42.5. The Balaban J connectivity index is 2.03. The molecule has 2 aliphatic rings. The van der Waals surface area contributed by atoms with E-state index in [2.05, 4.69) is 0 Å². The van der Waals surface area contributed by atoms with Crippen molar-refractivity contribution in [2.75, 3.05) is 0 Å². The Labute approximate surface area is 143 Å². The van der Waals surface area contributed by atoms with Gasteiger partial charge in [-0.25, -0.2) is 0 Å². The van der Waals surface area contributed by atoms with Crippen molar-refractivity contribution in [3.05, 3.63) is 35.4 Å². The van der Waals surface area contributed by atoms with Crippen molar-refractivity contribution < 1.29 is 30.0 Å². The molecule has 3 atom stereocenters. The highest BCUT2D eigenvalue weighted by atomic mass is 16.3. The predicted octanol–water partition coefficient (Wildman–Crippen LogP) is 1.77. The van der Waals surface area contributed by atoms with Crippen molar-refractivity contribution in [1.82, 2.24) is 0 Å². The first kappa shape index (κ1) is 16.1. The fraction of sp³-hybridized carbons (Fsp3) is 0.368. The number of Topliss-reactive ketones (excluding diaryl/α,β-unsaturated/α-hetero) is 2. The number of fused-ring (bicyclic) bond motifs is 4. The summed E-state index contributed by atoms with van der Waals surface area (Å²) >= 11 is 0. The molecule has 6 nitrogen and oxygen atoms in total. The van der Waals surface area contributed by atoms with E-state index in [1.54, 1.807) is 18.2 Å². The number of rotatable bonds is 0. The molecule has 4 rings (SSSR count). The zero-order chi connectivity index (χ0) is 18.1. The smallest absolute Gasteiger partial charge is 0.169 e. The lowest BCUT2D eigenvalue weighted by Gasteiger charge is -2.47. The van der Waals surface area contributed by atoms with Crippen LogP contribution in [0.15, 0.2) is 24.3 Å². The molecule has 2 aliphatic carbocycles. The highest BCUT2D eigenvalue weighted by Gasteiger charge is 2.56. The van der Waals surface area contributed by atoms with Gasteiger partial charge in [-0.1, -0.05) is 12.1 Å². The van der Waals surface area contributed by atoms with E-state index >= 15 is 0 Å². The number of phenols is 2. The zero-order valence-electron chi connectivity index (χ0n) is 13.6. The molecule has 0 heterocycles. The Hall–Kier alpha value is -2.44. The number of hydrogen-bond donors (Lipinski definition) is 4. The molecular formula is C19H18O6. The van der Waals surface area contributed by atoms with Gasteiger partial charge >= 0.3 is 0 Å². The molecule has 0 aromatic heterocycles. The van der Waals surface area contributed by atoms with Crippen LogP contribution >= 0.6 is 0 Å². The Morgan fingerprint density at radius 3 is 2.56 bits per heavy atom. The molecular weight excluding hydrogens is 324 g/mol. The number of ketones is 2. The summed E-state index contributed by atoms with van der Waals surface area (Å²) in [6.45, 7) is 1.47. The normalized spacial score (nSPS) is 31.7. The van der Waals surface area contributed by atoms with Gasteiger partial charge in [0.05, 0.1) is 28.1 Å². The standard InChI is InChI=1S/C19H18O6/c1-18(24)6-13(22)16-10-5-9-3-2-4-11(20)14(9)17(23)15(10)12(21)7-19(16,25)8-18/h2-5,16,20,23-25H,6-8H2,1H3/t16?,18-,19?/m0/s1. The molecule has 0 spiro atoms. The maximum atomic E-state index is 12.7. The van der Waals surface area contributed by atoms with Gasteiger partial charge in [0.25, 0.3) is 0 Å². The number of carbonyl (C=O) groups is 2. The van der Waals surface area contributed by atoms with Crippen molar-refractivity contribution in [3.63, 3.8) is 0 Å². The highest BCUT2D eigenvalue weighted by molar-refractivity contribution is 6.11. The molecule has 0 saturated heterocycles. The van der Waals surface area contributed by atoms with E-state index in [9.17, 15) is 30.0 Å². The second kappa shape index (κ2) is 4.80. The lowest BCUT2D eigenvalue weighted by Crippen LogP contribution is -2.56. The molecule has 25 heavy (non-hydrogen) atoms. The second-order valence-corrected chi connectivity index (χ2v) is 7.52. The van der Waals surface area contributed by atoms with Crippen LogP contribution in [0.5, 0.6) is 11.5 Å². The van der Waals surface area contributed by atoms with E-state index in [0.29, 0.717) is 5.39 Å². The highest BCUT2D eigenvalue weighted by Crippen LogP contribution is 2.52. The summed E-state index contributed by atoms with van der Waals surface area (Å²) in [5.74, 6) is -2.40. The van der Waals surface area contributed by atoms with Crippen LogP contribution in [0, 0.1) is 0 Å². The maximum Gasteiger partial charge on any atom is 0.169 e. The summed E-state index contributed by atoms with van der Waals surface area (Å²) in [7, 11) is 0. The lowest BCUT2D eigenvalue weighted by molar-refractivity contribution is -0.149. The largest absolute Gasteiger partial charge is 0.507 e. The molecule has 130 valence electrons. The summed E-state index contributed by atoms with van der Waals surface area (Å²) in [6.07, 6.45) is -0.591.